The van der Waals surface area contributed by atoms with E-state index < -0.39 is 0 Å². The van der Waals surface area contributed by atoms with Crippen molar-refractivity contribution in [3.05, 3.63) is 64.4 Å². The number of halogens is 1. The van der Waals surface area contributed by atoms with E-state index in [1.807, 2.05) is 32.0 Å². The van der Waals surface area contributed by atoms with Gasteiger partial charge < -0.3 is 15.0 Å². The number of nitrogens with zero attached hydrogens (tertiary/aromatic N) is 4. The third-order valence-electron chi connectivity index (χ3n) is 5.42. The van der Waals surface area contributed by atoms with E-state index in [-0.39, 0.29) is 17.6 Å². The zero-order chi connectivity index (χ0) is 23.4. The molecule has 2 aromatic carbocycles. The number of morpholine rings is 1. The second kappa shape index (κ2) is 10.4. The highest BCUT2D eigenvalue weighted by Gasteiger charge is 2.21. The van der Waals surface area contributed by atoms with E-state index in [0.717, 1.165) is 16.8 Å². The van der Waals surface area contributed by atoms with Crippen LogP contribution in [0.1, 0.15) is 21.5 Å². The van der Waals surface area contributed by atoms with Crippen molar-refractivity contribution in [2.24, 2.45) is 0 Å². The molecule has 1 fully saturated rings. The minimum atomic E-state index is -0.199. The molecule has 0 unspecified atom stereocenters. The van der Waals surface area contributed by atoms with Crippen molar-refractivity contribution in [1.29, 1.82) is 0 Å². The first-order valence-corrected chi connectivity index (χ1v) is 11.9. The number of hydrogen-bond acceptors (Lipinski definition) is 6. The molecule has 0 atom stereocenters. The second-order valence-electron chi connectivity index (χ2n) is 7.64. The predicted molar refractivity (Wildman–Crippen MR) is 128 cm³/mol. The van der Waals surface area contributed by atoms with Crippen molar-refractivity contribution in [3.63, 3.8) is 0 Å². The lowest BCUT2D eigenvalue weighted by Gasteiger charge is -2.27. The molecule has 8 nitrogen and oxygen atoms in total. The Labute approximate surface area is 201 Å². The van der Waals surface area contributed by atoms with Crippen LogP contribution < -0.4 is 5.32 Å². The molecule has 0 radical (unpaired) electrons. The van der Waals surface area contributed by atoms with Gasteiger partial charge in [-0.15, -0.1) is 10.2 Å². The quantitative estimate of drug-likeness (QED) is 0.535. The predicted octanol–water partition coefficient (Wildman–Crippen LogP) is 3.74. The van der Waals surface area contributed by atoms with Gasteiger partial charge in [0.25, 0.3) is 5.91 Å². The summed E-state index contributed by atoms with van der Waals surface area (Å²) in [4.78, 5) is 27.3. The summed E-state index contributed by atoms with van der Waals surface area (Å²) in [7, 11) is 0. The number of amides is 2. The van der Waals surface area contributed by atoms with Gasteiger partial charge >= 0.3 is 0 Å². The summed E-state index contributed by atoms with van der Waals surface area (Å²) >= 11 is 7.51. The molecule has 1 aliphatic rings. The van der Waals surface area contributed by atoms with Crippen molar-refractivity contribution in [2.45, 2.75) is 19.0 Å². The van der Waals surface area contributed by atoms with Crippen molar-refractivity contribution in [1.82, 2.24) is 19.7 Å². The molecule has 10 heteroatoms. The second-order valence-corrected chi connectivity index (χ2v) is 8.99. The molecule has 1 N–H and O–H groups in total. The molecule has 33 heavy (non-hydrogen) atoms. The minimum Gasteiger partial charge on any atom is -0.378 e. The summed E-state index contributed by atoms with van der Waals surface area (Å²) < 4.78 is 7.11. The molecule has 0 bridgehead atoms. The highest BCUT2D eigenvalue weighted by molar-refractivity contribution is 7.99. The van der Waals surface area contributed by atoms with Gasteiger partial charge in [-0.25, -0.2) is 0 Å². The Morgan fingerprint density at radius 1 is 1.18 bits per heavy atom. The normalized spacial score (nSPS) is 13.7. The van der Waals surface area contributed by atoms with E-state index in [1.165, 1.54) is 11.8 Å². The largest absolute Gasteiger partial charge is 0.378 e. The number of thioether (sulfide) groups is 1. The number of benzene rings is 2. The zero-order valence-corrected chi connectivity index (χ0v) is 19.9. The maximum Gasteiger partial charge on any atom is 0.254 e. The van der Waals surface area contributed by atoms with Gasteiger partial charge in [0.2, 0.25) is 5.91 Å². The van der Waals surface area contributed by atoms with Gasteiger partial charge in [-0.2, -0.15) is 0 Å². The molecule has 2 amide bonds. The Morgan fingerprint density at radius 3 is 2.73 bits per heavy atom. The molecule has 4 rings (SSSR count). The van der Waals surface area contributed by atoms with Crippen LogP contribution in [-0.2, 0) is 9.53 Å². The smallest absolute Gasteiger partial charge is 0.254 e. The maximum atomic E-state index is 12.9. The fourth-order valence-electron chi connectivity index (χ4n) is 3.49. The fourth-order valence-corrected chi connectivity index (χ4v) is 4.39. The van der Waals surface area contributed by atoms with Crippen LogP contribution in [0.2, 0.25) is 5.02 Å². The van der Waals surface area contributed by atoms with Crippen LogP contribution in [0.4, 0.5) is 5.69 Å². The van der Waals surface area contributed by atoms with E-state index >= 15 is 0 Å². The highest BCUT2D eigenvalue weighted by atomic mass is 35.5. The van der Waals surface area contributed by atoms with E-state index in [1.54, 1.807) is 34.0 Å². The molecule has 172 valence electrons. The van der Waals surface area contributed by atoms with Gasteiger partial charge in [-0.05, 0) is 49.2 Å². The molecule has 1 aromatic heterocycles. The van der Waals surface area contributed by atoms with Crippen molar-refractivity contribution in [2.75, 3.05) is 37.4 Å². The van der Waals surface area contributed by atoms with Crippen LogP contribution >= 0.6 is 23.4 Å². The number of ether oxygens (including phenoxy) is 1. The van der Waals surface area contributed by atoms with Gasteiger partial charge in [0, 0.05) is 29.4 Å². The highest BCUT2D eigenvalue weighted by Crippen LogP contribution is 2.25. The summed E-state index contributed by atoms with van der Waals surface area (Å²) in [5.74, 6) is -0.110. The number of anilines is 1. The Balaban J connectivity index is 1.42. The van der Waals surface area contributed by atoms with Crippen LogP contribution in [-0.4, -0.2) is 63.5 Å². The lowest BCUT2D eigenvalue weighted by atomic mass is 10.1. The lowest BCUT2D eigenvalue weighted by Crippen LogP contribution is -2.41. The number of carbonyl (C=O) groups is 2. The summed E-state index contributed by atoms with van der Waals surface area (Å²) in [5, 5.41) is 12.2. The third-order valence-corrected chi connectivity index (χ3v) is 6.77. The zero-order valence-electron chi connectivity index (χ0n) is 18.4. The molecule has 3 aromatic rings. The summed E-state index contributed by atoms with van der Waals surface area (Å²) in [5.41, 5.74) is 3.74. The molecule has 1 aliphatic heterocycles. The van der Waals surface area contributed by atoms with Crippen molar-refractivity contribution >= 4 is 40.9 Å². The van der Waals surface area contributed by atoms with Crippen LogP contribution in [0.3, 0.4) is 0 Å². The van der Waals surface area contributed by atoms with Gasteiger partial charge in [0.1, 0.15) is 6.33 Å². The average Bonchev–Trinajstić information content (AvgIpc) is 3.30. The van der Waals surface area contributed by atoms with Crippen LogP contribution in [0.15, 0.2) is 47.9 Å². The van der Waals surface area contributed by atoms with Crippen molar-refractivity contribution < 1.29 is 14.3 Å². The molecule has 0 saturated carbocycles. The van der Waals surface area contributed by atoms with E-state index in [9.17, 15) is 9.59 Å². The maximum absolute atomic E-state index is 12.9. The Hall–Kier alpha value is -2.88. The Bertz CT molecular complexity index is 1180. The Kier molecular flexibility index (Phi) is 7.32. The van der Waals surface area contributed by atoms with Crippen molar-refractivity contribution in [3.8, 4) is 5.69 Å². The first kappa shape index (κ1) is 23.3. The number of nitrogens with one attached hydrogen (secondary N) is 1. The number of aryl methyl sites for hydroxylation is 1. The molecular formula is C23H24ClN5O3S. The number of hydrogen-bond donors (Lipinski definition) is 1. The van der Waals surface area contributed by atoms with E-state index in [2.05, 4.69) is 15.5 Å². The SMILES string of the molecule is Cc1ccc(-n2cnnc2SCC(=O)Nc2cccc(C(=O)N3CCOCC3)c2C)cc1Cl. The fraction of sp³-hybridized carbons (Fsp3) is 0.304. The minimum absolute atomic E-state index is 0.0499. The standard InChI is InChI=1S/C23H24ClN5O3S/c1-15-6-7-17(12-19(15)24)29-14-25-27-23(29)33-13-21(30)26-20-5-3-4-18(16(20)2)22(31)28-8-10-32-11-9-28/h3-7,12,14H,8-11,13H2,1-2H3,(H,26,30). The van der Waals surface area contributed by atoms with Gasteiger partial charge in [-0.3, -0.25) is 14.2 Å². The third kappa shape index (κ3) is 5.38. The van der Waals surface area contributed by atoms with Crippen LogP contribution in [0.5, 0.6) is 0 Å². The van der Waals surface area contributed by atoms with E-state index in [4.69, 9.17) is 16.3 Å². The van der Waals surface area contributed by atoms with Crippen LogP contribution in [0.25, 0.3) is 5.69 Å². The van der Waals surface area contributed by atoms with Gasteiger partial charge in [0.15, 0.2) is 5.16 Å². The van der Waals surface area contributed by atoms with Gasteiger partial charge in [-0.1, -0.05) is 35.5 Å². The molecule has 1 saturated heterocycles. The van der Waals surface area contributed by atoms with E-state index in [0.29, 0.717) is 47.7 Å². The molecular weight excluding hydrogens is 462 g/mol. The summed E-state index contributed by atoms with van der Waals surface area (Å²) in [6, 6.07) is 11.0. The molecule has 0 spiro atoms. The van der Waals surface area contributed by atoms with Gasteiger partial charge in [0.05, 0.1) is 24.7 Å². The topological polar surface area (TPSA) is 89.3 Å². The molecule has 2 heterocycles. The summed E-state index contributed by atoms with van der Waals surface area (Å²) in [6.07, 6.45) is 1.59. The number of aromatic nitrogens is 3. The average molecular weight is 486 g/mol. The molecule has 0 aliphatic carbocycles. The summed E-state index contributed by atoms with van der Waals surface area (Å²) in [6.45, 7) is 5.99. The number of carbonyl (C=O) groups excluding carboxylic acids is 2. The Morgan fingerprint density at radius 2 is 1.97 bits per heavy atom. The number of rotatable bonds is 6. The van der Waals surface area contributed by atoms with Crippen LogP contribution in [0, 0.1) is 13.8 Å². The monoisotopic (exact) mass is 485 g/mol. The first-order chi connectivity index (χ1) is 15.9. The lowest BCUT2D eigenvalue weighted by molar-refractivity contribution is -0.113. The first-order valence-electron chi connectivity index (χ1n) is 10.5.